The van der Waals surface area contributed by atoms with Gasteiger partial charge in [-0.05, 0) is 17.7 Å². The third-order valence-electron chi connectivity index (χ3n) is 3.47. The molecule has 1 heterocycles. The van der Waals surface area contributed by atoms with Crippen LogP contribution in [0.1, 0.15) is 47.7 Å². The first-order chi connectivity index (χ1) is 11.8. The fraction of sp³-hybridized carbons (Fsp3) is 0.294. The van der Waals surface area contributed by atoms with E-state index < -0.39 is 17.9 Å². The Labute approximate surface area is 150 Å². The summed E-state index contributed by atoms with van der Waals surface area (Å²) in [7, 11) is 1.51. The van der Waals surface area contributed by atoms with Crippen molar-refractivity contribution in [1.29, 1.82) is 0 Å². The molecule has 0 spiro atoms. The molecule has 1 aromatic heterocycles. The van der Waals surface area contributed by atoms with E-state index in [1.807, 2.05) is 13.8 Å². The Morgan fingerprint density at radius 3 is 2.40 bits per heavy atom. The van der Waals surface area contributed by atoms with Gasteiger partial charge in [-0.25, -0.2) is 14.8 Å². The maximum absolute atomic E-state index is 12.5. The van der Waals surface area contributed by atoms with Crippen LogP contribution in [0, 0.1) is 0 Å². The minimum atomic E-state index is -1.24. The number of hydrogen-bond donors (Lipinski definition) is 2. The number of rotatable bonds is 6. The number of carboxylic acid groups (broad SMARTS) is 1. The van der Waals surface area contributed by atoms with Crippen LogP contribution in [0.2, 0.25) is 5.02 Å². The van der Waals surface area contributed by atoms with Crippen LogP contribution in [0.15, 0.2) is 30.5 Å². The number of halogens is 1. The Hall–Kier alpha value is -2.67. The maximum atomic E-state index is 12.5. The highest BCUT2D eigenvalue weighted by atomic mass is 35.5. The summed E-state index contributed by atoms with van der Waals surface area (Å²) in [6, 6.07) is 5.13. The zero-order valence-electron chi connectivity index (χ0n) is 14.0. The number of carbonyl (C=O) groups is 2. The Balaban J connectivity index is 2.29. The van der Waals surface area contributed by atoms with Crippen LogP contribution in [0.3, 0.4) is 0 Å². The third kappa shape index (κ3) is 4.45. The van der Waals surface area contributed by atoms with Crippen molar-refractivity contribution in [3.05, 3.63) is 52.6 Å². The largest absolute Gasteiger partial charge is 0.497 e. The predicted octanol–water partition coefficient (Wildman–Crippen LogP) is 2.82. The van der Waals surface area contributed by atoms with Crippen molar-refractivity contribution in [1.82, 2.24) is 15.3 Å². The minimum absolute atomic E-state index is 0.000626. The lowest BCUT2D eigenvalue weighted by molar-refractivity contribution is -0.139. The summed E-state index contributed by atoms with van der Waals surface area (Å²) in [4.78, 5) is 32.2. The van der Waals surface area contributed by atoms with E-state index in [4.69, 9.17) is 16.3 Å². The van der Waals surface area contributed by atoms with E-state index in [0.717, 1.165) is 0 Å². The smallest absolute Gasteiger partial charge is 0.330 e. The predicted molar refractivity (Wildman–Crippen MR) is 92.0 cm³/mol. The summed E-state index contributed by atoms with van der Waals surface area (Å²) in [6.45, 7) is 3.75. The Morgan fingerprint density at radius 1 is 1.24 bits per heavy atom. The van der Waals surface area contributed by atoms with Gasteiger partial charge in [0.25, 0.3) is 5.91 Å². The maximum Gasteiger partial charge on any atom is 0.330 e. The van der Waals surface area contributed by atoms with Crippen molar-refractivity contribution >= 4 is 23.5 Å². The van der Waals surface area contributed by atoms with Crippen molar-refractivity contribution in [2.45, 2.75) is 25.8 Å². The summed E-state index contributed by atoms with van der Waals surface area (Å²) in [5.74, 6) is -0.850. The molecule has 132 valence electrons. The molecule has 1 amide bonds. The third-order valence-corrected chi connectivity index (χ3v) is 3.74. The van der Waals surface area contributed by atoms with Crippen molar-refractivity contribution in [2.24, 2.45) is 0 Å². The molecule has 1 atom stereocenters. The number of carbonyl (C=O) groups excluding carboxylic acids is 1. The molecule has 7 nitrogen and oxygen atoms in total. The van der Waals surface area contributed by atoms with Gasteiger partial charge in [0.05, 0.1) is 18.3 Å². The number of aliphatic carboxylic acids is 1. The topological polar surface area (TPSA) is 101 Å². The second-order valence-electron chi connectivity index (χ2n) is 5.60. The molecule has 0 saturated heterocycles. The molecule has 0 radical (unpaired) electrons. The average molecular weight is 364 g/mol. The van der Waals surface area contributed by atoms with Gasteiger partial charge in [0.15, 0.2) is 6.04 Å². The van der Waals surface area contributed by atoms with Gasteiger partial charge in [-0.1, -0.05) is 37.6 Å². The van der Waals surface area contributed by atoms with Gasteiger partial charge >= 0.3 is 5.97 Å². The number of carboxylic acids is 1. The fourth-order valence-corrected chi connectivity index (χ4v) is 2.28. The number of amides is 1. The fourth-order valence-electron chi connectivity index (χ4n) is 2.10. The van der Waals surface area contributed by atoms with Crippen LogP contribution in [0.4, 0.5) is 0 Å². The summed E-state index contributed by atoms with van der Waals surface area (Å²) in [6.07, 6.45) is 1.34. The molecule has 8 heteroatoms. The van der Waals surface area contributed by atoms with Crippen LogP contribution in [-0.2, 0) is 4.79 Å². The molecule has 0 aliphatic rings. The van der Waals surface area contributed by atoms with Crippen LogP contribution in [0.5, 0.6) is 5.75 Å². The van der Waals surface area contributed by atoms with Gasteiger partial charge in [-0.15, -0.1) is 0 Å². The monoisotopic (exact) mass is 363 g/mol. The standard InChI is InChI=1S/C17H18ClN3O4/c1-9(2)15-19-8-12(18)14(20-15)16(22)21-13(17(23)24)10-4-6-11(25-3)7-5-10/h4-9,13H,1-3H3,(H,21,22)(H,23,24). The highest BCUT2D eigenvalue weighted by Crippen LogP contribution is 2.20. The van der Waals surface area contributed by atoms with Crippen molar-refractivity contribution in [3.63, 3.8) is 0 Å². The van der Waals surface area contributed by atoms with Crippen LogP contribution in [0.25, 0.3) is 0 Å². The molecular weight excluding hydrogens is 346 g/mol. The van der Waals surface area contributed by atoms with Crippen molar-refractivity contribution < 1.29 is 19.4 Å². The first-order valence-electron chi connectivity index (χ1n) is 7.53. The van der Waals surface area contributed by atoms with Gasteiger partial charge in [0.1, 0.15) is 17.3 Å². The van der Waals surface area contributed by atoms with Crippen molar-refractivity contribution in [3.8, 4) is 5.75 Å². The molecule has 25 heavy (non-hydrogen) atoms. The Morgan fingerprint density at radius 2 is 1.88 bits per heavy atom. The van der Waals surface area contributed by atoms with E-state index in [9.17, 15) is 14.7 Å². The molecule has 2 rings (SSSR count). The highest BCUT2D eigenvalue weighted by Gasteiger charge is 2.25. The lowest BCUT2D eigenvalue weighted by Crippen LogP contribution is -2.34. The number of benzene rings is 1. The van der Waals surface area contributed by atoms with E-state index in [1.54, 1.807) is 24.3 Å². The Kier molecular flexibility index (Phi) is 5.93. The summed E-state index contributed by atoms with van der Waals surface area (Å²) in [5.41, 5.74) is 0.344. The number of methoxy groups -OCH3 is 1. The SMILES string of the molecule is COc1ccc(C(NC(=O)c2nc(C(C)C)ncc2Cl)C(=O)O)cc1. The molecule has 2 N–H and O–H groups in total. The van der Waals surface area contributed by atoms with Gasteiger partial charge in [-0.3, -0.25) is 4.79 Å². The van der Waals surface area contributed by atoms with Crippen LogP contribution >= 0.6 is 11.6 Å². The van der Waals surface area contributed by atoms with E-state index in [0.29, 0.717) is 17.1 Å². The highest BCUT2D eigenvalue weighted by molar-refractivity contribution is 6.33. The summed E-state index contributed by atoms with van der Waals surface area (Å²) < 4.78 is 5.04. The van der Waals surface area contributed by atoms with Gasteiger partial charge in [0, 0.05) is 5.92 Å². The number of ether oxygens (including phenoxy) is 1. The van der Waals surface area contributed by atoms with Gasteiger partial charge in [-0.2, -0.15) is 0 Å². The Bertz CT molecular complexity index is 778. The molecule has 0 aliphatic carbocycles. The molecule has 0 bridgehead atoms. The minimum Gasteiger partial charge on any atom is -0.497 e. The lowest BCUT2D eigenvalue weighted by atomic mass is 10.1. The molecule has 1 unspecified atom stereocenters. The van der Waals surface area contributed by atoms with E-state index >= 15 is 0 Å². The first kappa shape index (κ1) is 18.7. The van der Waals surface area contributed by atoms with E-state index in [2.05, 4.69) is 15.3 Å². The lowest BCUT2D eigenvalue weighted by Gasteiger charge is -2.16. The van der Waals surface area contributed by atoms with Gasteiger partial charge in [0.2, 0.25) is 0 Å². The van der Waals surface area contributed by atoms with Crippen molar-refractivity contribution in [2.75, 3.05) is 7.11 Å². The number of hydrogen-bond acceptors (Lipinski definition) is 5. The quantitative estimate of drug-likeness (QED) is 0.818. The normalized spacial score (nSPS) is 11.9. The molecular formula is C17H18ClN3O4. The number of nitrogens with zero attached hydrogens (tertiary/aromatic N) is 2. The zero-order chi connectivity index (χ0) is 18.6. The molecule has 0 saturated carbocycles. The number of aromatic nitrogens is 2. The average Bonchev–Trinajstić information content (AvgIpc) is 2.59. The molecule has 0 fully saturated rings. The summed E-state index contributed by atoms with van der Waals surface area (Å²) in [5, 5.41) is 11.9. The van der Waals surface area contributed by atoms with Gasteiger partial charge < -0.3 is 15.2 Å². The summed E-state index contributed by atoms with van der Waals surface area (Å²) >= 11 is 5.99. The van der Waals surface area contributed by atoms with E-state index in [-0.39, 0.29) is 16.6 Å². The second-order valence-corrected chi connectivity index (χ2v) is 6.00. The molecule has 2 aromatic rings. The molecule has 0 aliphatic heterocycles. The second kappa shape index (κ2) is 7.94. The zero-order valence-corrected chi connectivity index (χ0v) is 14.7. The van der Waals surface area contributed by atoms with Crippen LogP contribution in [-0.4, -0.2) is 34.1 Å². The van der Waals surface area contributed by atoms with E-state index in [1.165, 1.54) is 13.3 Å². The number of nitrogens with one attached hydrogen (secondary N) is 1. The first-order valence-corrected chi connectivity index (χ1v) is 7.91. The van der Waals surface area contributed by atoms with Crippen LogP contribution < -0.4 is 10.1 Å². The molecule has 1 aromatic carbocycles.